The maximum Gasteiger partial charge on any atom is 0.263 e. The summed E-state index contributed by atoms with van der Waals surface area (Å²) in [5.41, 5.74) is 6.75. The van der Waals surface area contributed by atoms with Gasteiger partial charge >= 0.3 is 0 Å². The molecule has 0 atom stereocenters. The van der Waals surface area contributed by atoms with Crippen LogP contribution >= 0.6 is 11.6 Å². The summed E-state index contributed by atoms with van der Waals surface area (Å²) in [6.45, 7) is 1.88. The number of nitrogens with two attached hydrogens (primary N) is 1. The van der Waals surface area contributed by atoms with Gasteiger partial charge in [0, 0.05) is 23.0 Å². The van der Waals surface area contributed by atoms with Crippen LogP contribution in [0.15, 0.2) is 41.4 Å². The molecule has 0 aliphatic carbocycles. The minimum Gasteiger partial charge on any atom is -0.399 e. The zero-order valence-corrected chi connectivity index (χ0v) is 12.4. The summed E-state index contributed by atoms with van der Waals surface area (Å²) in [4.78, 5) is 4.08. The Bertz CT molecular complexity index is 732. The van der Waals surface area contributed by atoms with Gasteiger partial charge in [0.1, 0.15) is 5.82 Å². The third kappa shape index (κ3) is 3.20. The molecule has 0 amide bonds. The fourth-order valence-electron chi connectivity index (χ4n) is 1.77. The molecule has 2 aromatic rings. The number of aromatic nitrogens is 1. The second kappa shape index (κ2) is 5.68. The van der Waals surface area contributed by atoms with Gasteiger partial charge in [-0.05, 0) is 30.2 Å². The molecule has 0 saturated carbocycles. The number of nitrogens with one attached hydrogen (secondary N) is 1. The molecule has 0 saturated heterocycles. The molecule has 0 spiro atoms. The minimum absolute atomic E-state index is 0.154. The van der Waals surface area contributed by atoms with Gasteiger partial charge in [-0.2, -0.15) is 0 Å². The maximum atomic E-state index is 12.4. The highest BCUT2D eigenvalue weighted by molar-refractivity contribution is 7.92. The summed E-state index contributed by atoms with van der Waals surface area (Å²) >= 11 is 5.81. The van der Waals surface area contributed by atoms with Crippen molar-refractivity contribution in [2.45, 2.75) is 18.2 Å². The van der Waals surface area contributed by atoms with Crippen molar-refractivity contribution in [3.8, 4) is 0 Å². The molecule has 1 aromatic heterocycles. The van der Waals surface area contributed by atoms with Gasteiger partial charge in [0.15, 0.2) is 0 Å². The van der Waals surface area contributed by atoms with Crippen LogP contribution in [-0.4, -0.2) is 13.4 Å². The van der Waals surface area contributed by atoms with Gasteiger partial charge in [0.05, 0.1) is 4.90 Å². The van der Waals surface area contributed by atoms with Crippen LogP contribution in [-0.2, 0) is 16.4 Å². The highest BCUT2D eigenvalue weighted by Gasteiger charge is 2.19. The summed E-state index contributed by atoms with van der Waals surface area (Å²) < 4.78 is 27.2. The molecular formula is C13H14ClN3O2S. The molecule has 5 nitrogen and oxygen atoms in total. The number of nitrogens with zero attached hydrogens (tertiary/aromatic N) is 1. The van der Waals surface area contributed by atoms with E-state index in [0.717, 1.165) is 0 Å². The molecule has 0 unspecified atom stereocenters. The van der Waals surface area contributed by atoms with Gasteiger partial charge in [-0.3, -0.25) is 4.72 Å². The SMILES string of the molecule is CCc1ccc(N)cc1S(=O)(=O)Nc1cc(Cl)ccn1. The van der Waals surface area contributed by atoms with E-state index in [1.54, 1.807) is 18.2 Å². The predicted octanol–water partition coefficient (Wildman–Crippen LogP) is 2.68. The largest absolute Gasteiger partial charge is 0.399 e. The van der Waals surface area contributed by atoms with Crippen molar-refractivity contribution in [1.82, 2.24) is 4.98 Å². The molecule has 0 radical (unpaired) electrons. The number of halogens is 1. The fraction of sp³-hybridized carbons (Fsp3) is 0.154. The maximum absolute atomic E-state index is 12.4. The van der Waals surface area contributed by atoms with Gasteiger partial charge in [-0.25, -0.2) is 13.4 Å². The predicted molar refractivity (Wildman–Crippen MR) is 80.3 cm³/mol. The van der Waals surface area contributed by atoms with Crippen LogP contribution < -0.4 is 10.5 Å². The van der Waals surface area contributed by atoms with E-state index in [1.165, 1.54) is 18.3 Å². The van der Waals surface area contributed by atoms with Crippen LogP contribution in [0.2, 0.25) is 5.02 Å². The third-order valence-electron chi connectivity index (χ3n) is 2.72. The van der Waals surface area contributed by atoms with Crippen LogP contribution in [0.3, 0.4) is 0 Å². The fourth-order valence-corrected chi connectivity index (χ4v) is 3.27. The van der Waals surface area contributed by atoms with E-state index < -0.39 is 10.0 Å². The quantitative estimate of drug-likeness (QED) is 0.850. The summed E-state index contributed by atoms with van der Waals surface area (Å²) in [5, 5.41) is 0.404. The molecule has 0 fully saturated rings. The molecular weight excluding hydrogens is 298 g/mol. The van der Waals surface area contributed by atoms with Crippen LogP contribution in [0.4, 0.5) is 11.5 Å². The molecule has 1 heterocycles. The Hall–Kier alpha value is -1.79. The second-order valence-electron chi connectivity index (χ2n) is 4.19. The molecule has 3 N–H and O–H groups in total. The Morgan fingerprint density at radius 1 is 1.30 bits per heavy atom. The lowest BCUT2D eigenvalue weighted by molar-refractivity contribution is 0.600. The second-order valence-corrected chi connectivity index (χ2v) is 6.27. The van der Waals surface area contributed by atoms with E-state index in [9.17, 15) is 8.42 Å². The Kier molecular flexibility index (Phi) is 4.15. The summed E-state index contributed by atoms with van der Waals surface area (Å²) in [7, 11) is -3.75. The van der Waals surface area contributed by atoms with Crippen LogP contribution in [0.25, 0.3) is 0 Å². The average Bonchev–Trinajstić information content (AvgIpc) is 2.38. The zero-order valence-electron chi connectivity index (χ0n) is 10.8. The minimum atomic E-state index is -3.75. The number of sulfonamides is 1. The van der Waals surface area contributed by atoms with E-state index in [-0.39, 0.29) is 10.7 Å². The lowest BCUT2D eigenvalue weighted by atomic mass is 10.1. The average molecular weight is 312 g/mol. The van der Waals surface area contributed by atoms with Crippen LogP contribution in [0, 0.1) is 0 Å². The number of benzene rings is 1. The number of hydrogen-bond acceptors (Lipinski definition) is 4. The number of rotatable bonds is 4. The Balaban J connectivity index is 2.43. The summed E-state index contributed by atoms with van der Waals surface area (Å²) in [6.07, 6.45) is 2.01. The first-order chi connectivity index (χ1) is 9.42. The number of nitrogen functional groups attached to an aromatic ring is 1. The Morgan fingerprint density at radius 2 is 2.05 bits per heavy atom. The topological polar surface area (TPSA) is 85.1 Å². The molecule has 20 heavy (non-hydrogen) atoms. The smallest absolute Gasteiger partial charge is 0.263 e. The highest BCUT2D eigenvalue weighted by atomic mass is 35.5. The van der Waals surface area contributed by atoms with E-state index >= 15 is 0 Å². The van der Waals surface area contributed by atoms with Crippen molar-refractivity contribution < 1.29 is 8.42 Å². The third-order valence-corrected chi connectivity index (χ3v) is 4.39. The number of hydrogen-bond donors (Lipinski definition) is 2. The van der Waals surface area contributed by atoms with Crippen molar-refractivity contribution in [2.75, 3.05) is 10.5 Å². The van der Waals surface area contributed by atoms with Crippen molar-refractivity contribution in [1.29, 1.82) is 0 Å². The summed E-state index contributed by atoms with van der Waals surface area (Å²) in [5.74, 6) is 0.168. The number of anilines is 2. The molecule has 0 aliphatic rings. The number of aryl methyl sites for hydroxylation is 1. The van der Waals surface area contributed by atoms with E-state index in [0.29, 0.717) is 22.7 Å². The molecule has 0 aliphatic heterocycles. The molecule has 0 bridgehead atoms. The van der Waals surface area contributed by atoms with Crippen molar-refractivity contribution in [3.63, 3.8) is 0 Å². The van der Waals surface area contributed by atoms with Gasteiger partial charge in [0.25, 0.3) is 10.0 Å². The van der Waals surface area contributed by atoms with E-state index in [4.69, 9.17) is 17.3 Å². The number of pyridine rings is 1. The Labute approximate surface area is 122 Å². The first-order valence-corrected chi connectivity index (χ1v) is 7.81. The molecule has 106 valence electrons. The summed E-state index contributed by atoms with van der Waals surface area (Å²) in [6, 6.07) is 7.82. The van der Waals surface area contributed by atoms with Crippen molar-refractivity contribution >= 4 is 33.1 Å². The Morgan fingerprint density at radius 3 is 2.70 bits per heavy atom. The standard InChI is InChI=1S/C13H14ClN3O2S/c1-2-9-3-4-11(15)8-12(9)20(18,19)17-13-7-10(14)5-6-16-13/h3-8H,2,15H2,1H3,(H,16,17). The first kappa shape index (κ1) is 14.6. The van der Waals surface area contributed by atoms with Gasteiger partial charge in [-0.1, -0.05) is 24.6 Å². The molecule has 7 heteroatoms. The van der Waals surface area contributed by atoms with E-state index in [2.05, 4.69) is 9.71 Å². The van der Waals surface area contributed by atoms with Crippen LogP contribution in [0.5, 0.6) is 0 Å². The van der Waals surface area contributed by atoms with Crippen molar-refractivity contribution in [3.05, 3.63) is 47.1 Å². The normalized spacial score (nSPS) is 11.3. The first-order valence-electron chi connectivity index (χ1n) is 5.95. The molecule has 1 aromatic carbocycles. The van der Waals surface area contributed by atoms with Crippen molar-refractivity contribution in [2.24, 2.45) is 0 Å². The highest BCUT2D eigenvalue weighted by Crippen LogP contribution is 2.22. The van der Waals surface area contributed by atoms with Crippen LogP contribution in [0.1, 0.15) is 12.5 Å². The zero-order chi connectivity index (χ0) is 14.8. The van der Waals surface area contributed by atoms with E-state index in [1.807, 2.05) is 6.92 Å². The van der Waals surface area contributed by atoms with Gasteiger partial charge in [0.2, 0.25) is 0 Å². The monoisotopic (exact) mass is 311 g/mol. The van der Waals surface area contributed by atoms with Gasteiger partial charge < -0.3 is 5.73 Å². The lowest BCUT2D eigenvalue weighted by Crippen LogP contribution is -2.16. The lowest BCUT2D eigenvalue weighted by Gasteiger charge is -2.11. The molecule has 2 rings (SSSR count). The van der Waals surface area contributed by atoms with Gasteiger partial charge in [-0.15, -0.1) is 0 Å².